The molecule has 7 heteroatoms. The van der Waals surface area contributed by atoms with E-state index in [4.69, 9.17) is 33.4 Å². The van der Waals surface area contributed by atoms with E-state index >= 15 is 0 Å². The number of thioether (sulfide) groups is 1. The summed E-state index contributed by atoms with van der Waals surface area (Å²) in [4.78, 5) is 11.6. The Morgan fingerprint density at radius 3 is 2.83 bits per heavy atom. The van der Waals surface area contributed by atoms with Crippen LogP contribution in [0.25, 0.3) is 0 Å². The highest BCUT2D eigenvalue weighted by Gasteiger charge is 2.08. The maximum absolute atomic E-state index is 11.6. The van der Waals surface area contributed by atoms with E-state index in [1.54, 1.807) is 18.2 Å². The molecule has 1 rings (SSSR count). The number of benzene rings is 1. The van der Waals surface area contributed by atoms with Crippen LogP contribution >= 0.6 is 35.0 Å². The third-order valence-electron chi connectivity index (χ3n) is 1.96. The van der Waals surface area contributed by atoms with Gasteiger partial charge >= 0.3 is 0 Å². The van der Waals surface area contributed by atoms with Gasteiger partial charge in [0.2, 0.25) is 5.91 Å². The molecule has 0 radical (unpaired) electrons. The van der Waals surface area contributed by atoms with Crippen LogP contribution in [0.2, 0.25) is 10.0 Å². The molecule has 1 atom stereocenters. The zero-order chi connectivity index (χ0) is 13.5. The highest BCUT2D eigenvalue weighted by atomic mass is 35.5. The van der Waals surface area contributed by atoms with Crippen LogP contribution in [-0.4, -0.2) is 40.3 Å². The van der Waals surface area contributed by atoms with E-state index in [9.17, 15) is 4.79 Å². The molecular formula is C11H13Cl2NO3S. The van der Waals surface area contributed by atoms with Crippen LogP contribution in [-0.2, 0) is 4.79 Å². The summed E-state index contributed by atoms with van der Waals surface area (Å²) < 4.78 is 0. The molecule has 1 unspecified atom stereocenters. The number of rotatable bonds is 6. The Kier molecular flexibility index (Phi) is 6.81. The molecule has 3 N–H and O–H groups in total. The van der Waals surface area contributed by atoms with Crippen molar-refractivity contribution in [3.63, 3.8) is 0 Å². The second-order valence-electron chi connectivity index (χ2n) is 3.52. The van der Waals surface area contributed by atoms with Crippen molar-refractivity contribution in [3.05, 3.63) is 28.2 Å². The summed E-state index contributed by atoms with van der Waals surface area (Å²) in [6, 6.07) is 4.79. The van der Waals surface area contributed by atoms with Gasteiger partial charge in [-0.1, -0.05) is 23.2 Å². The van der Waals surface area contributed by atoms with E-state index in [1.807, 2.05) is 0 Å². The molecule has 0 aliphatic rings. The van der Waals surface area contributed by atoms with E-state index in [2.05, 4.69) is 5.32 Å². The van der Waals surface area contributed by atoms with Crippen LogP contribution in [0.4, 0.5) is 5.69 Å². The predicted octanol–water partition coefficient (Wildman–Crippen LogP) is 2.02. The van der Waals surface area contributed by atoms with Crippen molar-refractivity contribution in [2.75, 3.05) is 23.4 Å². The van der Waals surface area contributed by atoms with E-state index in [0.29, 0.717) is 21.5 Å². The maximum atomic E-state index is 11.6. The number of hydrogen-bond acceptors (Lipinski definition) is 4. The molecule has 0 aliphatic carbocycles. The molecule has 1 aromatic carbocycles. The van der Waals surface area contributed by atoms with Gasteiger partial charge in [0.15, 0.2) is 0 Å². The molecular weight excluding hydrogens is 297 g/mol. The molecule has 1 aromatic rings. The third-order valence-corrected chi connectivity index (χ3v) is 3.61. The molecule has 0 aliphatic heterocycles. The molecule has 18 heavy (non-hydrogen) atoms. The van der Waals surface area contributed by atoms with Gasteiger partial charge in [0.05, 0.1) is 29.2 Å². The van der Waals surface area contributed by atoms with Crippen LogP contribution < -0.4 is 5.32 Å². The summed E-state index contributed by atoms with van der Waals surface area (Å²) in [6.45, 7) is -0.311. The Morgan fingerprint density at radius 1 is 1.44 bits per heavy atom. The standard InChI is InChI=1S/C11H13Cl2NO3S/c12-7-1-2-9(13)10(3-7)14-11(17)6-18-5-8(16)4-15/h1-3,8,15-16H,4-6H2,(H,14,17). The van der Waals surface area contributed by atoms with Crippen LogP contribution in [0.3, 0.4) is 0 Å². The van der Waals surface area contributed by atoms with E-state index < -0.39 is 6.10 Å². The average molecular weight is 310 g/mol. The summed E-state index contributed by atoms with van der Waals surface area (Å²) in [5.41, 5.74) is 0.456. The SMILES string of the molecule is O=C(CSCC(O)CO)Nc1cc(Cl)ccc1Cl. The van der Waals surface area contributed by atoms with Crippen LogP contribution in [0.5, 0.6) is 0 Å². The lowest BCUT2D eigenvalue weighted by atomic mass is 10.3. The first-order valence-electron chi connectivity index (χ1n) is 5.14. The van der Waals surface area contributed by atoms with Crippen molar-refractivity contribution < 1.29 is 15.0 Å². The highest BCUT2D eigenvalue weighted by Crippen LogP contribution is 2.25. The van der Waals surface area contributed by atoms with Crippen molar-refractivity contribution in [1.82, 2.24) is 0 Å². The summed E-state index contributed by atoms with van der Waals surface area (Å²) >= 11 is 12.9. The number of carbonyl (C=O) groups is 1. The lowest BCUT2D eigenvalue weighted by molar-refractivity contribution is -0.113. The number of aliphatic hydroxyl groups is 2. The fourth-order valence-corrected chi connectivity index (χ4v) is 2.21. The zero-order valence-electron chi connectivity index (χ0n) is 9.40. The maximum Gasteiger partial charge on any atom is 0.234 e. The summed E-state index contributed by atoms with van der Waals surface area (Å²) in [6.07, 6.45) is -0.808. The number of halogens is 2. The zero-order valence-corrected chi connectivity index (χ0v) is 11.7. The Balaban J connectivity index is 2.42. The number of anilines is 1. The monoisotopic (exact) mass is 309 g/mol. The number of amides is 1. The summed E-state index contributed by atoms with van der Waals surface area (Å²) in [5, 5.41) is 21.2. The molecule has 1 amide bonds. The molecule has 0 bridgehead atoms. The first-order chi connectivity index (χ1) is 8.52. The van der Waals surface area contributed by atoms with Gasteiger partial charge in [-0.05, 0) is 18.2 Å². The van der Waals surface area contributed by atoms with E-state index in [0.717, 1.165) is 0 Å². The third kappa shape index (κ3) is 5.46. The highest BCUT2D eigenvalue weighted by molar-refractivity contribution is 8.00. The molecule has 0 heterocycles. The molecule has 0 fully saturated rings. The van der Waals surface area contributed by atoms with Crippen LogP contribution in [0, 0.1) is 0 Å². The molecule has 100 valence electrons. The minimum absolute atomic E-state index is 0.167. The van der Waals surface area contributed by atoms with Crippen molar-refractivity contribution >= 4 is 46.6 Å². The minimum Gasteiger partial charge on any atom is -0.394 e. The molecule has 0 aromatic heterocycles. The Labute approximate surface area is 119 Å². The molecule has 0 saturated heterocycles. The average Bonchev–Trinajstić information content (AvgIpc) is 2.33. The van der Waals surface area contributed by atoms with Gasteiger partial charge in [0.25, 0.3) is 0 Å². The topological polar surface area (TPSA) is 69.6 Å². The van der Waals surface area contributed by atoms with Gasteiger partial charge in [-0.15, -0.1) is 11.8 Å². The summed E-state index contributed by atoms with van der Waals surface area (Å²) in [7, 11) is 0. The normalized spacial score (nSPS) is 12.2. The Hall–Kier alpha value is -0.460. The Bertz CT molecular complexity index is 417. The fourth-order valence-electron chi connectivity index (χ4n) is 1.12. The van der Waals surface area contributed by atoms with Crippen molar-refractivity contribution in [2.45, 2.75) is 6.10 Å². The van der Waals surface area contributed by atoms with Crippen molar-refractivity contribution in [3.8, 4) is 0 Å². The molecule has 0 saturated carbocycles. The summed E-state index contributed by atoms with van der Waals surface area (Å²) in [5.74, 6) is 0.224. The number of carbonyl (C=O) groups excluding carboxylic acids is 1. The van der Waals surface area contributed by atoms with Crippen LogP contribution in [0.15, 0.2) is 18.2 Å². The second kappa shape index (κ2) is 7.86. The van der Waals surface area contributed by atoms with Crippen molar-refractivity contribution in [2.24, 2.45) is 0 Å². The van der Waals surface area contributed by atoms with E-state index in [-0.39, 0.29) is 18.3 Å². The number of nitrogens with one attached hydrogen (secondary N) is 1. The molecule has 4 nitrogen and oxygen atoms in total. The first kappa shape index (κ1) is 15.6. The second-order valence-corrected chi connectivity index (χ2v) is 5.40. The minimum atomic E-state index is -0.808. The Morgan fingerprint density at radius 2 is 2.17 bits per heavy atom. The smallest absolute Gasteiger partial charge is 0.234 e. The quantitative estimate of drug-likeness (QED) is 0.752. The first-order valence-corrected chi connectivity index (χ1v) is 7.05. The lowest BCUT2D eigenvalue weighted by Crippen LogP contribution is -2.19. The largest absolute Gasteiger partial charge is 0.394 e. The van der Waals surface area contributed by atoms with Gasteiger partial charge in [0.1, 0.15) is 0 Å². The van der Waals surface area contributed by atoms with Gasteiger partial charge in [-0.25, -0.2) is 0 Å². The van der Waals surface area contributed by atoms with Gasteiger partial charge in [-0.2, -0.15) is 0 Å². The predicted molar refractivity (Wildman–Crippen MR) is 75.5 cm³/mol. The van der Waals surface area contributed by atoms with E-state index in [1.165, 1.54) is 11.8 Å². The van der Waals surface area contributed by atoms with Crippen molar-refractivity contribution in [1.29, 1.82) is 0 Å². The fraction of sp³-hybridized carbons (Fsp3) is 0.364. The molecule has 0 spiro atoms. The lowest BCUT2D eigenvalue weighted by Gasteiger charge is -2.09. The van der Waals surface area contributed by atoms with Gasteiger partial charge in [-0.3, -0.25) is 4.79 Å². The van der Waals surface area contributed by atoms with Gasteiger partial charge in [0, 0.05) is 10.8 Å². The number of hydrogen-bond donors (Lipinski definition) is 3. The number of aliphatic hydroxyl groups excluding tert-OH is 2. The van der Waals surface area contributed by atoms with Crippen LogP contribution in [0.1, 0.15) is 0 Å². The van der Waals surface area contributed by atoms with Gasteiger partial charge < -0.3 is 15.5 Å².